The number of aromatic nitrogens is 2. The largest absolute Gasteiger partial charge is 0.483 e. The Morgan fingerprint density at radius 1 is 1.23 bits per heavy atom. The van der Waals surface area contributed by atoms with Gasteiger partial charge in [0, 0.05) is 18.1 Å². The minimum absolute atomic E-state index is 0.0562. The molecule has 0 radical (unpaired) electrons. The van der Waals surface area contributed by atoms with Crippen LogP contribution in [0.15, 0.2) is 41.7 Å². The molecule has 3 N–H and O–H groups in total. The number of hydrogen-bond donors (Lipinski definition) is 2. The standard InChI is InChI=1S/C21H24N4O2.CH2O2/c1-26-17-4-7-20(8-5-17)11-15-3-2-14(16-6-9-23-24-12-16)10-18(15)21(20)13-27-19(22)25-21;2-1-3/h2-3,6,9-10,12,17H,4-5,7-8,11,13H2,1H3,(H2,22,25);1H,(H,2,3). The van der Waals surface area contributed by atoms with Crippen molar-refractivity contribution in [1.82, 2.24) is 10.2 Å². The summed E-state index contributed by atoms with van der Waals surface area (Å²) in [5, 5.41) is 14.8. The number of amidine groups is 1. The van der Waals surface area contributed by atoms with Crippen LogP contribution < -0.4 is 5.73 Å². The van der Waals surface area contributed by atoms with E-state index in [-0.39, 0.29) is 17.4 Å². The Morgan fingerprint density at radius 2 is 2.00 bits per heavy atom. The van der Waals surface area contributed by atoms with Crippen LogP contribution in [0.4, 0.5) is 0 Å². The second-order valence-electron chi connectivity index (χ2n) is 8.10. The fourth-order valence-electron chi connectivity index (χ4n) is 5.36. The van der Waals surface area contributed by atoms with Gasteiger partial charge in [-0.2, -0.15) is 10.2 Å². The van der Waals surface area contributed by atoms with Gasteiger partial charge in [-0.3, -0.25) is 4.79 Å². The maximum atomic E-state index is 8.36. The van der Waals surface area contributed by atoms with Gasteiger partial charge in [-0.1, -0.05) is 12.1 Å². The SMILES string of the molecule is COC1CCC2(CC1)Cc1ccc(-c3ccnnc3)cc1C21COC(N)=N1.O=CO. The first-order valence-corrected chi connectivity index (χ1v) is 10.1. The fraction of sp³-hybridized carbons (Fsp3) is 0.455. The average molecular weight is 410 g/mol. The van der Waals surface area contributed by atoms with Gasteiger partial charge in [-0.25, -0.2) is 4.99 Å². The zero-order chi connectivity index (χ0) is 21.2. The zero-order valence-electron chi connectivity index (χ0n) is 17.0. The third kappa shape index (κ3) is 3.21. The summed E-state index contributed by atoms with van der Waals surface area (Å²) in [6.07, 6.45) is 9.16. The second-order valence-corrected chi connectivity index (χ2v) is 8.10. The van der Waals surface area contributed by atoms with Crippen LogP contribution in [-0.2, 0) is 26.2 Å². The number of carboxylic acid groups (broad SMARTS) is 1. The maximum absolute atomic E-state index is 8.36. The highest BCUT2D eigenvalue weighted by molar-refractivity contribution is 5.76. The molecule has 2 spiro atoms. The maximum Gasteiger partial charge on any atom is 0.290 e. The van der Waals surface area contributed by atoms with E-state index < -0.39 is 0 Å². The Labute approximate surface area is 175 Å². The van der Waals surface area contributed by atoms with E-state index in [1.54, 1.807) is 12.4 Å². The quantitative estimate of drug-likeness (QED) is 0.730. The van der Waals surface area contributed by atoms with Crippen molar-refractivity contribution < 1.29 is 19.4 Å². The number of rotatable bonds is 2. The summed E-state index contributed by atoms with van der Waals surface area (Å²) >= 11 is 0. The third-order valence-electron chi connectivity index (χ3n) is 6.83. The van der Waals surface area contributed by atoms with Crippen LogP contribution in [0.3, 0.4) is 0 Å². The third-order valence-corrected chi connectivity index (χ3v) is 6.83. The van der Waals surface area contributed by atoms with Crippen LogP contribution in [0.5, 0.6) is 0 Å². The van der Waals surface area contributed by atoms with E-state index in [4.69, 9.17) is 30.1 Å². The molecule has 1 atom stereocenters. The number of hydrogen-bond acceptors (Lipinski definition) is 7. The van der Waals surface area contributed by atoms with E-state index in [9.17, 15) is 0 Å². The lowest BCUT2D eigenvalue weighted by atomic mass is 9.62. The first-order chi connectivity index (χ1) is 14.6. The van der Waals surface area contributed by atoms with E-state index in [2.05, 4.69) is 28.4 Å². The van der Waals surface area contributed by atoms with Crippen molar-refractivity contribution in [2.24, 2.45) is 16.1 Å². The summed E-state index contributed by atoms with van der Waals surface area (Å²) in [6, 6.07) is 8.97. The normalized spacial score (nSPS) is 29.0. The summed E-state index contributed by atoms with van der Waals surface area (Å²) in [5.74, 6) is 0. The van der Waals surface area contributed by atoms with Gasteiger partial charge in [0.25, 0.3) is 12.5 Å². The van der Waals surface area contributed by atoms with Crippen molar-refractivity contribution in [2.75, 3.05) is 13.7 Å². The number of benzene rings is 1. The molecule has 1 saturated carbocycles. The van der Waals surface area contributed by atoms with Crippen LogP contribution in [0, 0.1) is 5.41 Å². The number of ether oxygens (including phenoxy) is 2. The lowest BCUT2D eigenvalue weighted by Gasteiger charge is -2.45. The van der Waals surface area contributed by atoms with Gasteiger partial charge in [0.05, 0.1) is 18.5 Å². The van der Waals surface area contributed by atoms with Gasteiger partial charge in [0.1, 0.15) is 12.1 Å². The molecule has 2 aromatic rings. The molecule has 1 aliphatic heterocycles. The van der Waals surface area contributed by atoms with Gasteiger partial charge in [-0.05, 0) is 60.9 Å². The topological polar surface area (TPSA) is 120 Å². The fourth-order valence-corrected chi connectivity index (χ4v) is 5.36. The van der Waals surface area contributed by atoms with Crippen LogP contribution in [0.1, 0.15) is 36.8 Å². The molecule has 5 rings (SSSR count). The molecule has 8 heteroatoms. The van der Waals surface area contributed by atoms with E-state index in [1.807, 2.05) is 13.2 Å². The number of methoxy groups -OCH3 is 1. The number of nitrogens with two attached hydrogens (primary N) is 1. The molecule has 0 saturated heterocycles. The summed E-state index contributed by atoms with van der Waals surface area (Å²) in [6.45, 7) is 0.279. The van der Waals surface area contributed by atoms with Crippen molar-refractivity contribution in [1.29, 1.82) is 0 Å². The molecule has 0 bridgehead atoms. The van der Waals surface area contributed by atoms with Gasteiger partial charge in [0.2, 0.25) is 0 Å². The average Bonchev–Trinajstić information content (AvgIpc) is 3.29. The van der Waals surface area contributed by atoms with E-state index in [1.165, 1.54) is 11.1 Å². The van der Waals surface area contributed by atoms with Gasteiger partial charge >= 0.3 is 0 Å². The first kappa shape index (κ1) is 20.3. The van der Waals surface area contributed by atoms with E-state index in [0.29, 0.717) is 18.7 Å². The summed E-state index contributed by atoms with van der Waals surface area (Å²) in [4.78, 5) is 13.3. The molecule has 3 aliphatic rings. The van der Waals surface area contributed by atoms with Gasteiger partial charge < -0.3 is 20.3 Å². The molecular formula is C22H26N4O4. The van der Waals surface area contributed by atoms with Gasteiger partial charge in [-0.15, -0.1) is 0 Å². The Balaban J connectivity index is 0.000000687. The van der Waals surface area contributed by atoms with Gasteiger partial charge in [0.15, 0.2) is 0 Å². The highest BCUT2D eigenvalue weighted by Crippen LogP contribution is 2.61. The molecule has 8 nitrogen and oxygen atoms in total. The Hall–Kier alpha value is -3.00. The predicted molar refractivity (Wildman–Crippen MR) is 111 cm³/mol. The lowest BCUT2D eigenvalue weighted by molar-refractivity contribution is -0.122. The lowest BCUT2D eigenvalue weighted by Crippen LogP contribution is -2.46. The van der Waals surface area contributed by atoms with Crippen molar-refractivity contribution in [3.05, 3.63) is 47.8 Å². The number of aliphatic imine (C=N–C) groups is 1. The molecule has 1 unspecified atom stereocenters. The van der Waals surface area contributed by atoms with Crippen LogP contribution in [0.2, 0.25) is 0 Å². The number of carbonyl (C=O) groups is 1. The summed E-state index contributed by atoms with van der Waals surface area (Å²) in [7, 11) is 1.81. The molecule has 1 fully saturated rings. The second kappa shape index (κ2) is 8.02. The van der Waals surface area contributed by atoms with Crippen molar-refractivity contribution in [3.63, 3.8) is 0 Å². The van der Waals surface area contributed by atoms with Crippen LogP contribution in [-0.4, -0.2) is 47.6 Å². The number of fused-ring (bicyclic) bond motifs is 3. The van der Waals surface area contributed by atoms with Crippen LogP contribution >= 0.6 is 0 Å². The monoisotopic (exact) mass is 410 g/mol. The summed E-state index contributed by atoms with van der Waals surface area (Å²) in [5.41, 5.74) is 10.5. The highest BCUT2D eigenvalue weighted by atomic mass is 16.5. The molecule has 0 amide bonds. The molecule has 158 valence electrons. The predicted octanol–water partition coefficient (Wildman–Crippen LogP) is 2.52. The molecule has 30 heavy (non-hydrogen) atoms. The number of nitrogens with zero attached hydrogens (tertiary/aromatic N) is 3. The molecular weight excluding hydrogens is 384 g/mol. The van der Waals surface area contributed by atoms with Crippen molar-refractivity contribution >= 4 is 12.5 Å². The van der Waals surface area contributed by atoms with Crippen LogP contribution in [0.25, 0.3) is 11.1 Å². The molecule has 2 heterocycles. The highest BCUT2D eigenvalue weighted by Gasteiger charge is 2.61. The Morgan fingerprint density at radius 3 is 2.60 bits per heavy atom. The first-order valence-electron chi connectivity index (χ1n) is 10.1. The van der Waals surface area contributed by atoms with E-state index >= 15 is 0 Å². The van der Waals surface area contributed by atoms with Crippen molar-refractivity contribution in [2.45, 2.75) is 43.7 Å². The molecule has 1 aromatic carbocycles. The van der Waals surface area contributed by atoms with E-state index in [0.717, 1.165) is 43.2 Å². The Kier molecular flexibility index (Phi) is 5.42. The molecule has 2 aliphatic carbocycles. The minimum atomic E-state index is -0.387. The molecule has 1 aromatic heterocycles. The smallest absolute Gasteiger partial charge is 0.290 e. The summed E-state index contributed by atoms with van der Waals surface area (Å²) < 4.78 is 11.4. The zero-order valence-corrected chi connectivity index (χ0v) is 17.0. The minimum Gasteiger partial charge on any atom is -0.483 e. The Bertz CT molecular complexity index is 941. The van der Waals surface area contributed by atoms with Crippen molar-refractivity contribution in [3.8, 4) is 11.1 Å².